The minimum atomic E-state index is -0.0724. The fourth-order valence-electron chi connectivity index (χ4n) is 3.96. The molecule has 2 fully saturated rings. The van der Waals surface area contributed by atoms with Crippen molar-refractivity contribution in [3.8, 4) is 0 Å². The molecule has 128 valence electrons. The maximum absolute atomic E-state index is 13.1. The van der Waals surface area contributed by atoms with E-state index in [1.54, 1.807) is 0 Å². The number of hydrogen-bond acceptors (Lipinski definition) is 4. The van der Waals surface area contributed by atoms with Crippen LogP contribution in [0.3, 0.4) is 0 Å². The highest BCUT2D eigenvalue weighted by Crippen LogP contribution is 2.36. The Kier molecular flexibility index (Phi) is 4.73. The molecule has 2 aliphatic rings. The highest BCUT2D eigenvalue weighted by molar-refractivity contribution is 5.82. The van der Waals surface area contributed by atoms with Crippen LogP contribution < -0.4 is 0 Å². The summed E-state index contributed by atoms with van der Waals surface area (Å²) in [7, 11) is 1.98. The molecule has 1 aromatic rings. The number of carbonyl (C=O) groups is 1. The third kappa shape index (κ3) is 3.02. The van der Waals surface area contributed by atoms with Crippen LogP contribution in [0.4, 0.5) is 0 Å². The first-order chi connectivity index (χ1) is 11.0. The van der Waals surface area contributed by atoms with E-state index in [-0.39, 0.29) is 18.0 Å². The number of carbonyl (C=O) groups excluding carboxylic acids is 1. The number of hydrogen-bond donors (Lipinski definition) is 0. The second-order valence-electron chi connectivity index (χ2n) is 6.72. The largest absolute Gasteiger partial charge is 0.379 e. The molecule has 2 saturated heterocycles. The molecule has 0 radical (unpaired) electrons. The maximum Gasteiger partial charge on any atom is 0.240 e. The fraction of sp³-hybridized carbons (Fsp3) is 0.765. The summed E-state index contributed by atoms with van der Waals surface area (Å²) >= 11 is 0. The smallest absolute Gasteiger partial charge is 0.240 e. The summed E-state index contributed by atoms with van der Waals surface area (Å²) < 4.78 is 7.33. The molecule has 2 atom stereocenters. The second-order valence-corrected chi connectivity index (χ2v) is 6.72. The zero-order valence-corrected chi connectivity index (χ0v) is 14.7. The summed E-state index contributed by atoms with van der Waals surface area (Å²) in [4.78, 5) is 17.4. The molecular formula is C17H28N4O2. The molecule has 0 aromatic carbocycles. The summed E-state index contributed by atoms with van der Waals surface area (Å²) in [6.07, 6.45) is 2.11. The fourth-order valence-corrected chi connectivity index (χ4v) is 3.96. The van der Waals surface area contributed by atoms with E-state index >= 15 is 0 Å². The van der Waals surface area contributed by atoms with Gasteiger partial charge in [-0.2, -0.15) is 5.10 Å². The van der Waals surface area contributed by atoms with Crippen LogP contribution in [0, 0.1) is 13.8 Å². The van der Waals surface area contributed by atoms with E-state index in [1.165, 1.54) is 11.3 Å². The average molecular weight is 320 g/mol. The Morgan fingerprint density at radius 2 is 1.96 bits per heavy atom. The summed E-state index contributed by atoms with van der Waals surface area (Å²) in [5.41, 5.74) is 3.47. The second kappa shape index (κ2) is 6.61. The number of nitrogens with zero attached hydrogens (tertiary/aromatic N) is 4. The van der Waals surface area contributed by atoms with Gasteiger partial charge < -0.3 is 9.64 Å². The van der Waals surface area contributed by atoms with Gasteiger partial charge in [0.2, 0.25) is 5.91 Å². The van der Waals surface area contributed by atoms with Gasteiger partial charge in [-0.3, -0.25) is 14.4 Å². The first-order valence-electron chi connectivity index (χ1n) is 8.63. The molecule has 0 spiro atoms. The number of likely N-dealkylation sites (tertiary alicyclic amines) is 1. The lowest BCUT2D eigenvalue weighted by atomic mass is 10.0. The molecule has 2 aliphatic heterocycles. The van der Waals surface area contributed by atoms with E-state index in [1.807, 2.05) is 18.7 Å². The number of aryl methyl sites for hydroxylation is 2. The highest BCUT2D eigenvalue weighted by atomic mass is 16.5. The van der Waals surface area contributed by atoms with Crippen LogP contribution in [0.15, 0.2) is 0 Å². The third-order valence-electron chi connectivity index (χ3n) is 5.38. The molecule has 6 nitrogen and oxygen atoms in total. The van der Waals surface area contributed by atoms with Gasteiger partial charge in [0.25, 0.3) is 0 Å². The van der Waals surface area contributed by atoms with Crippen LogP contribution >= 0.6 is 0 Å². The van der Waals surface area contributed by atoms with Crippen LogP contribution in [0.2, 0.25) is 0 Å². The van der Waals surface area contributed by atoms with E-state index < -0.39 is 0 Å². The van der Waals surface area contributed by atoms with Crippen LogP contribution in [-0.4, -0.2) is 64.4 Å². The lowest BCUT2D eigenvalue weighted by molar-refractivity contribution is -0.139. The summed E-state index contributed by atoms with van der Waals surface area (Å²) in [5, 5.41) is 4.54. The van der Waals surface area contributed by atoms with Crippen molar-refractivity contribution in [3.63, 3.8) is 0 Å². The molecular weight excluding hydrogens is 292 g/mol. The Morgan fingerprint density at radius 1 is 1.26 bits per heavy atom. The van der Waals surface area contributed by atoms with E-state index in [4.69, 9.17) is 4.74 Å². The predicted octanol–water partition coefficient (Wildman–Crippen LogP) is 1.42. The van der Waals surface area contributed by atoms with Crippen molar-refractivity contribution in [1.29, 1.82) is 0 Å². The standard InChI is InChI=1S/C17H28N4O2/c1-12-16(13(2)19(4)18-12)15-6-5-7-21(15)17(22)14(3)20-8-10-23-11-9-20/h14-15H,5-11H2,1-4H3. The lowest BCUT2D eigenvalue weighted by Gasteiger charge is -2.35. The SMILES string of the molecule is Cc1nn(C)c(C)c1C1CCCN1C(=O)C(C)N1CCOCC1. The Hall–Kier alpha value is -1.40. The third-order valence-corrected chi connectivity index (χ3v) is 5.38. The van der Waals surface area contributed by atoms with Crippen LogP contribution in [-0.2, 0) is 16.6 Å². The van der Waals surface area contributed by atoms with Crippen molar-refractivity contribution >= 4 is 5.91 Å². The number of aromatic nitrogens is 2. The van der Waals surface area contributed by atoms with E-state index in [2.05, 4.69) is 28.7 Å². The molecule has 2 unspecified atom stereocenters. The molecule has 1 aromatic heterocycles. The highest BCUT2D eigenvalue weighted by Gasteiger charge is 2.37. The summed E-state index contributed by atoms with van der Waals surface area (Å²) in [6, 6.07) is 0.108. The van der Waals surface area contributed by atoms with Crippen LogP contribution in [0.5, 0.6) is 0 Å². The van der Waals surface area contributed by atoms with Crippen molar-refractivity contribution in [1.82, 2.24) is 19.6 Å². The molecule has 0 aliphatic carbocycles. The molecule has 6 heteroatoms. The quantitative estimate of drug-likeness (QED) is 0.845. The summed E-state index contributed by atoms with van der Waals surface area (Å²) in [6.45, 7) is 10.2. The monoisotopic (exact) mass is 320 g/mol. The molecule has 1 amide bonds. The molecule has 0 saturated carbocycles. The average Bonchev–Trinajstić information content (AvgIpc) is 3.12. The zero-order valence-electron chi connectivity index (χ0n) is 14.7. The van der Waals surface area contributed by atoms with Crippen molar-refractivity contribution in [2.45, 2.75) is 45.7 Å². The first kappa shape index (κ1) is 16.5. The van der Waals surface area contributed by atoms with Gasteiger partial charge >= 0.3 is 0 Å². The Bertz CT molecular complexity index is 577. The Labute approximate surface area is 138 Å². The maximum atomic E-state index is 13.1. The van der Waals surface area contributed by atoms with Crippen molar-refractivity contribution in [2.75, 3.05) is 32.8 Å². The van der Waals surface area contributed by atoms with Crippen molar-refractivity contribution in [2.24, 2.45) is 7.05 Å². The number of rotatable bonds is 3. The van der Waals surface area contributed by atoms with Gasteiger partial charge in [-0.25, -0.2) is 0 Å². The first-order valence-corrected chi connectivity index (χ1v) is 8.63. The Balaban J connectivity index is 1.79. The van der Waals surface area contributed by atoms with E-state index in [9.17, 15) is 4.79 Å². The van der Waals surface area contributed by atoms with E-state index in [0.717, 1.165) is 51.4 Å². The normalized spacial score (nSPS) is 24.2. The predicted molar refractivity (Wildman–Crippen MR) is 88.2 cm³/mol. The van der Waals surface area contributed by atoms with Gasteiger partial charge in [0.1, 0.15) is 0 Å². The van der Waals surface area contributed by atoms with Gasteiger partial charge in [0, 0.05) is 37.9 Å². The molecule has 3 heterocycles. The van der Waals surface area contributed by atoms with Crippen LogP contribution in [0.1, 0.15) is 42.8 Å². The number of ether oxygens (including phenoxy) is 1. The van der Waals surface area contributed by atoms with Gasteiger partial charge in [-0.15, -0.1) is 0 Å². The molecule has 0 bridgehead atoms. The van der Waals surface area contributed by atoms with Crippen molar-refractivity contribution in [3.05, 3.63) is 17.0 Å². The number of morpholine rings is 1. The molecule has 0 N–H and O–H groups in total. The molecule has 23 heavy (non-hydrogen) atoms. The van der Waals surface area contributed by atoms with Crippen molar-refractivity contribution < 1.29 is 9.53 Å². The van der Waals surface area contributed by atoms with Gasteiger partial charge in [0.15, 0.2) is 0 Å². The van der Waals surface area contributed by atoms with E-state index in [0.29, 0.717) is 0 Å². The topological polar surface area (TPSA) is 50.6 Å². The molecule has 3 rings (SSSR count). The minimum absolute atomic E-state index is 0.0724. The zero-order chi connectivity index (χ0) is 16.6. The van der Waals surface area contributed by atoms with Crippen LogP contribution in [0.25, 0.3) is 0 Å². The minimum Gasteiger partial charge on any atom is -0.379 e. The Morgan fingerprint density at radius 3 is 2.57 bits per heavy atom. The van der Waals surface area contributed by atoms with Gasteiger partial charge in [-0.05, 0) is 33.6 Å². The van der Waals surface area contributed by atoms with Gasteiger partial charge in [-0.1, -0.05) is 0 Å². The summed E-state index contributed by atoms with van der Waals surface area (Å²) in [5.74, 6) is 0.247. The van der Waals surface area contributed by atoms with Gasteiger partial charge in [0.05, 0.1) is 31.0 Å². The lowest BCUT2D eigenvalue weighted by Crippen LogP contribution is -2.50. The number of amides is 1.